The minimum Gasteiger partial charge on any atom is -0.616 e. The largest absolute Gasteiger partial charge is 0.616 e. The van der Waals surface area contributed by atoms with Crippen molar-refractivity contribution in [2.24, 2.45) is 0 Å². The molecule has 1 heterocycles. The van der Waals surface area contributed by atoms with Crippen molar-refractivity contribution in [1.29, 1.82) is 0 Å². The second kappa shape index (κ2) is 3.11. The highest BCUT2D eigenvalue weighted by molar-refractivity contribution is 7.95. The number of rotatable bonds is 0. The van der Waals surface area contributed by atoms with Gasteiger partial charge in [0.1, 0.15) is 11.5 Å². The summed E-state index contributed by atoms with van der Waals surface area (Å²) in [6.45, 7) is 0. The third-order valence-corrected chi connectivity index (χ3v) is 4.39. The van der Waals surface area contributed by atoms with E-state index in [0.29, 0.717) is 11.5 Å². The smallest absolute Gasteiger partial charge is 0.155 e. The Labute approximate surface area is 63.9 Å². The molecule has 1 saturated heterocycles. The molecule has 0 N–H and O–H groups in total. The Morgan fingerprint density at radius 2 is 2.20 bits per heavy atom. The lowest BCUT2D eigenvalue weighted by molar-refractivity contribution is 0.593. The number of sulfone groups is 1. The average molecular weight is 181 g/mol. The maximum Gasteiger partial charge on any atom is 0.155 e. The fourth-order valence-corrected chi connectivity index (χ4v) is 3.85. The molecule has 3 nitrogen and oxygen atoms in total. The van der Waals surface area contributed by atoms with E-state index in [2.05, 4.69) is 0 Å². The molecule has 0 aliphatic carbocycles. The molecule has 0 aromatic rings. The molecule has 1 aliphatic rings. The minimum absolute atomic E-state index is 0.0795. The van der Waals surface area contributed by atoms with Crippen molar-refractivity contribution >= 4 is 21.0 Å². The van der Waals surface area contributed by atoms with E-state index >= 15 is 0 Å². The summed E-state index contributed by atoms with van der Waals surface area (Å²) in [6.07, 6.45) is 1.58. The van der Waals surface area contributed by atoms with Gasteiger partial charge in [-0.1, -0.05) is 11.2 Å². The molecule has 1 unspecified atom stereocenters. The van der Waals surface area contributed by atoms with Crippen molar-refractivity contribution in [3.63, 3.8) is 0 Å². The lowest BCUT2D eigenvalue weighted by atomic mass is 10.6. The van der Waals surface area contributed by atoms with E-state index in [-0.39, 0.29) is 11.5 Å². The van der Waals surface area contributed by atoms with E-state index in [9.17, 15) is 13.0 Å². The lowest BCUT2D eigenvalue weighted by Gasteiger charge is -2.03. The zero-order valence-electron chi connectivity index (χ0n) is 5.45. The molecule has 0 amide bonds. The summed E-state index contributed by atoms with van der Waals surface area (Å²) in [5, 5.41) is 0. The van der Waals surface area contributed by atoms with E-state index in [1.54, 1.807) is 6.42 Å². The van der Waals surface area contributed by atoms with Crippen LogP contribution in [0.15, 0.2) is 0 Å². The fraction of sp³-hybridized carbons (Fsp3) is 0.800. The van der Waals surface area contributed by atoms with Gasteiger partial charge in [0.15, 0.2) is 9.84 Å². The first kappa shape index (κ1) is 8.36. The van der Waals surface area contributed by atoms with Crippen molar-refractivity contribution in [3.8, 4) is 0 Å². The average Bonchev–Trinajstić information content (AvgIpc) is 1.94. The van der Waals surface area contributed by atoms with Crippen LogP contribution in [0, 0.1) is 6.42 Å². The maximum absolute atomic E-state index is 10.9. The number of hydrogen-bond donors (Lipinski definition) is 0. The quantitative estimate of drug-likeness (QED) is 0.467. The Bertz CT molecular complexity index is 197. The molecule has 59 valence electrons. The van der Waals surface area contributed by atoms with E-state index in [0.717, 1.165) is 0 Å². The summed E-state index contributed by atoms with van der Waals surface area (Å²) in [6, 6.07) is 0. The van der Waals surface area contributed by atoms with Crippen LogP contribution in [0.3, 0.4) is 0 Å². The Kier molecular flexibility index (Phi) is 2.60. The van der Waals surface area contributed by atoms with Crippen LogP contribution in [-0.2, 0) is 21.0 Å². The van der Waals surface area contributed by atoms with Crippen LogP contribution in [0.2, 0.25) is 0 Å². The normalized spacial score (nSPS) is 33.1. The van der Waals surface area contributed by atoms with Crippen LogP contribution < -0.4 is 0 Å². The number of hydrogen-bond acceptors (Lipinski definition) is 3. The maximum atomic E-state index is 10.9. The van der Waals surface area contributed by atoms with Crippen LogP contribution in [0.1, 0.15) is 0 Å². The Hall–Kier alpha value is 0.260. The first-order chi connectivity index (χ1) is 4.60. The fourth-order valence-electron chi connectivity index (χ4n) is 0.746. The lowest BCUT2D eigenvalue weighted by Crippen LogP contribution is -2.14. The zero-order chi connectivity index (χ0) is 7.61. The van der Waals surface area contributed by atoms with Crippen molar-refractivity contribution in [3.05, 3.63) is 6.42 Å². The van der Waals surface area contributed by atoms with Gasteiger partial charge in [-0.2, -0.15) is 0 Å². The molecule has 10 heavy (non-hydrogen) atoms. The van der Waals surface area contributed by atoms with Crippen LogP contribution in [0.5, 0.6) is 0 Å². The summed E-state index contributed by atoms with van der Waals surface area (Å²) in [4.78, 5) is 0. The molecule has 0 spiro atoms. The molecule has 0 saturated carbocycles. The summed E-state index contributed by atoms with van der Waals surface area (Å²) in [7, 11) is -2.90. The van der Waals surface area contributed by atoms with Crippen LogP contribution in [0.25, 0.3) is 0 Å². The van der Waals surface area contributed by atoms with Gasteiger partial charge < -0.3 is 4.55 Å². The van der Waals surface area contributed by atoms with Gasteiger partial charge in [0.2, 0.25) is 0 Å². The first-order valence-electron chi connectivity index (χ1n) is 2.97. The molecule has 0 aromatic heterocycles. The second-order valence-electron chi connectivity index (χ2n) is 2.21. The van der Waals surface area contributed by atoms with E-state index in [1.165, 1.54) is 0 Å². The van der Waals surface area contributed by atoms with Gasteiger partial charge >= 0.3 is 0 Å². The molecular formula is C5H9O3S2. The van der Waals surface area contributed by atoms with Crippen molar-refractivity contribution in [2.45, 2.75) is 0 Å². The molecule has 1 fully saturated rings. The topological polar surface area (TPSA) is 57.2 Å². The standard InChI is InChI=1S/C5H9O3S2/c6-9-2-1-4-10(7,8)5-3-9/h1H,2-5H2. The van der Waals surface area contributed by atoms with Gasteiger partial charge in [-0.3, -0.25) is 0 Å². The molecule has 1 atom stereocenters. The highest BCUT2D eigenvalue weighted by atomic mass is 32.2. The SMILES string of the molecule is O=S1(=O)C[CH]C[S+]([O-])CC1. The third-order valence-electron chi connectivity index (χ3n) is 1.30. The van der Waals surface area contributed by atoms with Crippen LogP contribution >= 0.6 is 0 Å². The monoisotopic (exact) mass is 181 g/mol. The van der Waals surface area contributed by atoms with E-state index in [4.69, 9.17) is 0 Å². The highest BCUT2D eigenvalue weighted by Gasteiger charge is 2.21. The molecule has 1 radical (unpaired) electrons. The van der Waals surface area contributed by atoms with Crippen molar-refractivity contribution < 1.29 is 13.0 Å². The minimum atomic E-state index is -2.90. The summed E-state index contributed by atoms with van der Waals surface area (Å²) < 4.78 is 32.5. The van der Waals surface area contributed by atoms with Crippen molar-refractivity contribution in [2.75, 3.05) is 23.0 Å². The molecule has 0 bridgehead atoms. The molecule has 0 aromatic carbocycles. The van der Waals surface area contributed by atoms with Gasteiger partial charge in [0.05, 0.1) is 11.5 Å². The van der Waals surface area contributed by atoms with Gasteiger partial charge in [-0.15, -0.1) is 0 Å². The molecule has 5 heteroatoms. The van der Waals surface area contributed by atoms with E-state index in [1.807, 2.05) is 0 Å². The predicted molar refractivity (Wildman–Crippen MR) is 40.8 cm³/mol. The Morgan fingerprint density at radius 3 is 2.90 bits per heavy atom. The van der Waals surface area contributed by atoms with Gasteiger partial charge in [0.25, 0.3) is 0 Å². The van der Waals surface area contributed by atoms with Crippen LogP contribution in [0.4, 0.5) is 0 Å². The molecular weight excluding hydrogens is 172 g/mol. The Balaban J connectivity index is 2.58. The summed E-state index contributed by atoms with van der Waals surface area (Å²) in [5.74, 6) is 0.910. The summed E-state index contributed by atoms with van der Waals surface area (Å²) in [5.41, 5.74) is 0. The first-order valence-corrected chi connectivity index (χ1v) is 6.28. The van der Waals surface area contributed by atoms with Crippen LogP contribution in [-0.4, -0.2) is 36.0 Å². The molecule has 1 aliphatic heterocycles. The second-order valence-corrected chi connectivity index (χ2v) is 6.06. The Morgan fingerprint density at radius 1 is 1.50 bits per heavy atom. The highest BCUT2D eigenvalue weighted by Crippen LogP contribution is 2.05. The van der Waals surface area contributed by atoms with Gasteiger partial charge in [0, 0.05) is 6.42 Å². The third kappa shape index (κ3) is 2.48. The van der Waals surface area contributed by atoms with Gasteiger partial charge in [-0.05, 0) is 0 Å². The summed E-state index contributed by atoms with van der Waals surface area (Å²) >= 11 is -0.939. The van der Waals surface area contributed by atoms with Crippen molar-refractivity contribution in [1.82, 2.24) is 0 Å². The molecule has 1 rings (SSSR count). The van der Waals surface area contributed by atoms with Gasteiger partial charge in [-0.25, -0.2) is 8.42 Å². The zero-order valence-corrected chi connectivity index (χ0v) is 7.08. The van der Waals surface area contributed by atoms with E-state index < -0.39 is 21.0 Å². The predicted octanol–water partition coefficient (Wildman–Crippen LogP) is -0.632.